The van der Waals surface area contributed by atoms with Crippen LogP contribution in [0.2, 0.25) is 0 Å². The molecule has 0 fully saturated rings. The van der Waals surface area contributed by atoms with Crippen LogP contribution in [0.5, 0.6) is 0 Å². The Kier molecular flexibility index (Phi) is 4.43. The Bertz CT molecular complexity index is 651. The van der Waals surface area contributed by atoms with E-state index in [1.807, 2.05) is 0 Å². The van der Waals surface area contributed by atoms with Crippen LogP contribution in [-0.4, -0.2) is 21.1 Å². The first-order valence-corrected chi connectivity index (χ1v) is 6.30. The Labute approximate surface area is 122 Å². The lowest BCUT2D eigenvalue weighted by atomic mass is 9.97. The summed E-state index contributed by atoms with van der Waals surface area (Å²) in [7, 11) is 0. The summed E-state index contributed by atoms with van der Waals surface area (Å²) in [6.45, 7) is 1.74. The number of nitrogens with zero attached hydrogens (tertiary/aromatic N) is 2. The molecule has 0 saturated heterocycles. The van der Waals surface area contributed by atoms with Crippen LogP contribution in [0.1, 0.15) is 30.7 Å². The molecule has 1 heterocycles. The lowest BCUT2D eigenvalue weighted by molar-refractivity contribution is -0.144. The number of H-pyrrole nitrogens is 1. The summed E-state index contributed by atoms with van der Waals surface area (Å²) < 4.78 is 49.8. The van der Waals surface area contributed by atoms with Crippen LogP contribution in [0.4, 0.5) is 23.5 Å². The predicted octanol–water partition coefficient (Wildman–Crippen LogP) is 3.09. The molecule has 1 aromatic heterocycles. The van der Waals surface area contributed by atoms with Crippen molar-refractivity contribution in [3.8, 4) is 0 Å². The zero-order valence-corrected chi connectivity index (χ0v) is 11.4. The van der Waals surface area contributed by atoms with Gasteiger partial charge in [0.1, 0.15) is 5.82 Å². The van der Waals surface area contributed by atoms with E-state index in [0.29, 0.717) is 0 Å². The van der Waals surface area contributed by atoms with Crippen LogP contribution in [0, 0.1) is 5.82 Å². The van der Waals surface area contributed by atoms with E-state index < -0.39 is 23.9 Å². The van der Waals surface area contributed by atoms with Crippen LogP contribution in [0.15, 0.2) is 24.3 Å². The van der Waals surface area contributed by atoms with E-state index in [1.54, 1.807) is 24.2 Å². The molecule has 0 spiro atoms. The van der Waals surface area contributed by atoms with Crippen molar-refractivity contribution >= 4 is 11.9 Å². The highest BCUT2D eigenvalue weighted by Crippen LogP contribution is 2.26. The first-order valence-electron chi connectivity index (χ1n) is 6.30. The molecule has 0 radical (unpaired) electrons. The van der Waals surface area contributed by atoms with E-state index in [1.165, 1.54) is 12.1 Å². The van der Waals surface area contributed by atoms with Gasteiger partial charge in [0.2, 0.25) is 17.7 Å². The monoisotopic (exact) mass is 316 g/mol. The summed E-state index contributed by atoms with van der Waals surface area (Å²) in [6.07, 6.45) is -4.65. The molecule has 1 aromatic carbocycles. The molecule has 22 heavy (non-hydrogen) atoms. The van der Waals surface area contributed by atoms with Crippen molar-refractivity contribution in [1.29, 1.82) is 0 Å². The van der Waals surface area contributed by atoms with Gasteiger partial charge in [-0.3, -0.25) is 15.2 Å². The van der Waals surface area contributed by atoms with Gasteiger partial charge in [-0.25, -0.2) is 4.39 Å². The third kappa shape index (κ3) is 4.03. The fraction of sp³-hybridized carbons (Fsp3) is 0.308. The highest BCUT2D eigenvalue weighted by atomic mass is 19.4. The minimum absolute atomic E-state index is 0.00151. The number of hydrogen-bond acceptors (Lipinski definition) is 3. The zero-order valence-electron chi connectivity index (χ0n) is 11.4. The highest BCUT2D eigenvalue weighted by molar-refractivity contribution is 5.89. The van der Waals surface area contributed by atoms with Gasteiger partial charge in [0.15, 0.2) is 0 Å². The molecule has 2 N–H and O–H groups in total. The second kappa shape index (κ2) is 6.12. The van der Waals surface area contributed by atoms with Crippen molar-refractivity contribution in [1.82, 2.24) is 15.2 Å². The molecule has 1 unspecified atom stereocenters. The van der Waals surface area contributed by atoms with Crippen LogP contribution in [-0.2, 0) is 11.0 Å². The van der Waals surface area contributed by atoms with Gasteiger partial charge >= 0.3 is 6.18 Å². The fourth-order valence-corrected chi connectivity index (χ4v) is 1.81. The standard InChI is InChI=1S/C13H12F4N4O/c1-7(8-2-4-9(14)5-3-8)6-10(22)18-12-19-11(20-21-12)13(15,16)17/h2-5,7H,6H2,1H3,(H2,18,19,20,21,22). The van der Waals surface area contributed by atoms with Gasteiger partial charge in [0.25, 0.3) is 0 Å². The first kappa shape index (κ1) is 15.9. The molecule has 118 valence electrons. The third-order valence-corrected chi connectivity index (χ3v) is 2.94. The Hall–Kier alpha value is -2.45. The molecule has 0 bridgehead atoms. The topological polar surface area (TPSA) is 70.7 Å². The zero-order chi connectivity index (χ0) is 16.3. The number of benzene rings is 1. The quantitative estimate of drug-likeness (QED) is 0.852. The molecule has 0 aliphatic heterocycles. The number of hydrogen-bond donors (Lipinski definition) is 2. The Balaban J connectivity index is 1.95. The predicted molar refractivity (Wildman–Crippen MR) is 69.4 cm³/mol. The Morgan fingerprint density at radius 1 is 1.32 bits per heavy atom. The van der Waals surface area contributed by atoms with Gasteiger partial charge in [-0.2, -0.15) is 18.2 Å². The largest absolute Gasteiger partial charge is 0.451 e. The number of aromatic amines is 1. The molecular weight excluding hydrogens is 304 g/mol. The molecule has 0 saturated carbocycles. The van der Waals surface area contributed by atoms with Gasteiger partial charge in [-0.15, -0.1) is 5.10 Å². The van der Waals surface area contributed by atoms with Crippen molar-refractivity contribution < 1.29 is 22.4 Å². The number of nitrogens with one attached hydrogen (secondary N) is 2. The van der Waals surface area contributed by atoms with Crippen LogP contribution in [0.25, 0.3) is 0 Å². The van der Waals surface area contributed by atoms with Crippen LogP contribution >= 0.6 is 0 Å². The minimum atomic E-state index is -4.66. The molecule has 0 aliphatic carbocycles. The number of carbonyl (C=O) groups is 1. The van der Waals surface area contributed by atoms with E-state index in [0.717, 1.165) is 5.56 Å². The number of anilines is 1. The number of alkyl halides is 3. The maximum absolute atomic E-state index is 12.8. The summed E-state index contributed by atoms with van der Waals surface area (Å²) in [5, 5.41) is 7.16. The molecule has 2 aromatic rings. The van der Waals surface area contributed by atoms with Crippen molar-refractivity contribution in [2.75, 3.05) is 5.32 Å². The van der Waals surface area contributed by atoms with E-state index in [9.17, 15) is 22.4 Å². The third-order valence-electron chi connectivity index (χ3n) is 2.94. The van der Waals surface area contributed by atoms with Gasteiger partial charge < -0.3 is 0 Å². The number of amides is 1. The van der Waals surface area contributed by atoms with Crippen molar-refractivity contribution in [3.05, 3.63) is 41.5 Å². The number of rotatable bonds is 4. The SMILES string of the molecule is CC(CC(=O)Nc1n[nH]c(C(F)(F)F)n1)c1ccc(F)cc1. The van der Waals surface area contributed by atoms with Crippen molar-refractivity contribution in [2.45, 2.75) is 25.4 Å². The maximum Gasteiger partial charge on any atom is 0.451 e. The minimum Gasteiger partial charge on any atom is -0.293 e. The van der Waals surface area contributed by atoms with Crippen molar-refractivity contribution in [2.24, 2.45) is 0 Å². The molecule has 1 atom stereocenters. The molecule has 5 nitrogen and oxygen atoms in total. The summed E-state index contributed by atoms with van der Waals surface area (Å²) >= 11 is 0. The lowest BCUT2D eigenvalue weighted by Gasteiger charge is -2.10. The van der Waals surface area contributed by atoms with Gasteiger partial charge in [-0.1, -0.05) is 19.1 Å². The fourth-order valence-electron chi connectivity index (χ4n) is 1.81. The summed E-state index contributed by atoms with van der Waals surface area (Å²) in [5.41, 5.74) is 0.738. The number of halogens is 4. The molecular formula is C13H12F4N4O. The van der Waals surface area contributed by atoms with Crippen LogP contribution < -0.4 is 5.32 Å². The smallest absolute Gasteiger partial charge is 0.293 e. The Morgan fingerprint density at radius 3 is 2.50 bits per heavy atom. The number of carbonyl (C=O) groups excluding carboxylic acids is 1. The normalized spacial score (nSPS) is 13.0. The summed E-state index contributed by atoms with van der Waals surface area (Å²) in [4.78, 5) is 14.9. The summed E-state index contributed by atoms with van der Waals surface area (Å²) in [5.74, 6) is -2.88. The van der Waals surface area contributed by atoms with E-state index in [4.69, 9.17) is 0 Å². The van der Waals surface area contributed by atoms with Crippen LogP contribution in [0.3, 0.4) is 0 Å². The van der Waals surface area contributed by atoms with E-state index in [2.05, 4.69) is 15.4 Å². The maximum atomic E-state index is 12.8. The van der Waals surface area contributed by atoms with E-state index in [-0.39, 0.29) is 18.2 Å². The lowest BCUT2D eigenvalue weighted by Crippen LogP contribution is -2.15. The first-order chi connectivity index (χ1) is 10.3. The molecule has 1 amide bonds. The second-order valence-corrected chi connectivity index (χ2v) is 4.71. The van der Waals surface area contributed by atoms with Gasteiger partial charge in [-0.05, 0) is 23.6 Å². The van der Waals surface area contributed by atoms with Gasteiger partial charge in [0, 0.05) is 6.42 Å². The van der Waals surface area contributed by atoms with Crippen molar-refractivity contribution in [3.63, 3.8) is 0 Å². The average Bonchev–Trinajstić information content (AvgIpc) is 2.87. The average molecular weight is 316 g/mol. The molecule has 2 rings (SSSR count). The highest BCUT2D eigenvalue weighted by Gasteiger charge is 2.35. The molecule has 9 heteroatoms. The van der Waals surface area contributed by atoms with Gasteiger partial charge in [0.05, 0.1) is 0 Å². The Morgan fingerprint density at radius 2 is 1.95 bits per heavy atom. The van der Waals surface area contributed by atoms with E-state index >= 15 is 0 Å². The number of aromatic nitrogens is 3. The summed E-state index contributed by atoms with van der Waals surface area (Å²) in [6, 6.07) is 5.63. The molecule has 0 aliphatic rings. The second-order valence-electron chi connectivity index (χ2n) is 4.71.